The first kappa shape index (κ1) is 6.55. The maximum absolute atomic E-state index is 10.5. The molecule has 1 N–H and O–H groups in total. The van der Waals surface area contributed by atoms with Gasteiger partial charge in [-0.05, 0) is 6.92 Å². The van der Waals surface area contributed by atoms with Crippen molar-refractivity contribution in [2.75, 3.05) is 0 Å². The summed E-state index contributed by atoms with van der Waals surface area (Å²) < 4.78 is 4.70. The van der Waals surface area contributed by atoms with E-state index in [2.05, 4.69) is 0 Å². The Kier molecular flexibility index (Phi) is 1.45. The van der Waals surface area contributed by atoms with Gasteiger partial charge in [-0.25, -0.2) is 4.79 Å². The van der Waals surface area contributed by atoms with E-state index in [4.69, 9.17) is 9.84 Å². The minimum absolute atomic E-state index is 0.0579. The molecule has 52 valence electrons. The Bertz CT molecular complexity index is 132. The van der Waals surface area contributed by atoms with Gasteiger partial charge in [-0.2, -0.15) is 0 Å². The average Bonchev–Trinajstić information content (AvgIpc) is 1.98. The van der Waals surface area contributed by atoms with E-state index in [-0.39, 0.29) is 12.0 Å². The molecule has 1 saturated heterocycles. The van der Waals surface area contributed by atoms with Gasteiger partial charge in [-0.1, -0.05) is 6.92 Å². The van der Waals surface area contributed by atoms with Gasteiger partial charge in [0, 0.05) is 5.92 Å². The molecule has 1 fully saturated rings. The normalized spacial score (nSPS) is 43.0. The van der Waals surface area contributed by atoms with E-state index in [9.17, 15) is 4.79 Å². The third-order valence-electron chi connectivity index (χ3n) is 1.78. The molecule has 0 saturated carbocycles. The predicted molar refractivity (Wildman–Crippen MR) is 30.7 cm³/mol. The van der Waals surface area contributed by atoms with Crippen molar-refractivity contribution < 1.29 is 14.6 Å². The molecule has 0 aromatic rings. The number of hydrogen-bond acceptors (Lipinski definition) is 3. The number of aliphatic hydroxyl groups excluding tert-OH is 1. The minimum Gasteiger partial charge on any atom is -0.460 e. The van der Waals surface area contributed by atoms with Crippen molar-refractivity contribution in [3.05, 3.63) is 0 Å². The molecule has 0 spiro atoms. The SMILES string of the molecule is C[C@@H]1[C@H](O)C(=O)O[C@@H]1C. The number of ether oxygens (including phenoxy) is 1. The van der Waals surface area contributed by atoms with Crippen LogP contribution in [0.15, 0.2) is 0 Å². The number of hydrogen-bond donors (Lipinski definition) is 1. The van der Waals surface area contributed by atoms with Crippen molar-refractivity contribution in [1.82, 2.24) is 0 Å². The molecule has 0 radical (unpaired) electrons. The Hall–Kier alpha value is -0.570. The van der Waals surface area contributed by atoms with Crippen LogP contribution >= 0.6 is 0 Å². The molecule has 0 aliphatic carbocycles. The molecule has 0 amide bonds. The van der Waals surface area contributed by atoms with Crippen LogP contribution < -0.4 is 0 Å². The lowest BCUT2D eigenvalue weighted by Gasteiger charge is -2.05. The number of carbonyl (C=O) groups is 1. The molecule has 9 heavy (non-hydrogen) atoms. The zero-order chi connectivity index (χ0) is 7.02. The maximum atomic E-state index is 10.5. The smallest absolute Gasteiger partial charge is 0.335 e. The van der Waals surface area contributed by atoms with Gasteiger partial charge in [-0.15, -0.1) is 0 Å². The largest absolute Gasteiger partial charge is 0.460 e. The first-order valence-electron chi connectivity index (χ1n) is 3.01. The van der Waals surface area contributed by atoms with Crippen LogP contribution in [0.1, 0.15) is 13.8 Å². The maximum Gasteiger partial charge on any atom is 0.335 e. The molecule has 0 bridgehead atoms. The van der Waals surface area contributed by atoms with Crippen molar-refractivity contribution in [2.24, 2.45) is 5.92 Å². The van der Waals surface area contributed by atoms with Gasteiger partial charge >= 0.3 is 5.97 Å². The van der Waals surface area contributed by atoms with E-state index in [1.807, 2.05) is 0 Å². The van der Waals surface area contributed by atoms with Crippen molar-refractivity contribution in [2.45, 2.75) is 26.1 Å². The van der Waals surface area contributed by atoms with Crippen molar-refractivity contribution in [3.63, 3.8) is 0 Å². The van der Waals surface area contributed by atoms with Gasteiger partial charge in [0.25, 0.3) is 0 Å². The Labute approximate surface area is 53.6 Å². The first-order valence-corrected chi connectivity index (χ1v) is 3.01. The molecule has 0 aromatic heterocycles. The van der Waals surface area contributed by atoms with Crippen LogP contribution in [0.2, 0.25) is 0 Å². The Morgan fingerprint density at radius 1 is 1.56 bits per heavy atom. The van der Waals surface area contributed by atoms with Crippen LogP contribution in [0, 0.1) is 5.92 Å². The van der Waals surface area contributed by atoms with Crippen LogP contribution in [-0.4, -0.2) is 23.3 Å². The van der Waals surface area contributed by atoms with E-state index in [1.54, 1.807) is 13.8 Å². The number of esters is 1. The highest BCUT2D eigenvalue weighted by molar-refractivity contribution is 5.77. The second-order valence-corrected chi connectivity index (χ2v) is 2.45. The average molecular weight is 130 g/mol. The van der Waals surface area contributed by atoms with E-state index in [0.29, 0.717) is 0 Å². The summed E-state index contributed by atoms with van der Waals surface area (Å²) in [6.45, 7) is 3.57. The van der Waals surface area contributed by atoms with Crippen LogP contribution in [0.5, 0.6) is 0 Å². The molecule has 3 nitrogen and oxygen atoms in total. The summed E-state index contributed by atoms with van der Waals surface area (Å²) in [7, 11) is 0. The van der Waals surface area contributed by atoms with E-state index in [0.717, 1.165) is 0 Å². The van der Waals surface area contributed by atoms with Crippen molar-refractivity contribution in [3.8, 4) is 0 Å². The molecule has 3 atom stereocenters. The van der Waals surface area contributed by atoms with Crippen LogP contribution in [0.25, 0.3) is 0 Å². The first-order chi connectivity index (χ1) is 4.13. The second-order valence-electron chi connectivity index (χ2n) is 2.45. The zero-order valence-corrected chi connectivity index (χ0v) is 5.50. The fraction of sp³-hybridized carbons (Fsp3) is 0.833. The van der Waals surface area contributed by atoms with Gasteiger partial charge < -0.3 is 9.84 Å². The van der Waals surface area contributed by atoms with Gasteiger partial charge in [-0.3, -0.25) is 0 Å². The quantitative estimate of drug-likeness (QED) is 0.467. The Morgan fingerprint density at radius 3 is 2.22 bits per heavy atom. The lowest BCUT2D eigenvalue weighted by atomic mass is 10.0. The van der Waals surface area contributed by atoms with E-state index >= 15 is 0 Å². The summed E-state index contributed by atoms with van der Waals surface area (Å²) >= 11 is 0. The molecule has 1 aliphatic rings. The Morgan fingerprint density at radius 2 is 2.11 bits per heavy atom. The zero-order valence-electron chi connectivity index (χ0n) is 5.50. The molecular weight excluding hydrogens is 120 g/mol. The number of cyclic esters (lactones) is 1. The molecule has 1 aliphatic heterocycles. The van der Waals surface area contributed by atoms with Crippen LogP contribution in [0.3, 0.4) is 0 Å². The molecule has 1 heterocycles. The summed E-state index contributed by atoms with van der Waals surface area (Å²) in [5, 5.41) is 8.96. The van der Waals surface area contributed by atoms with Crippen LogP contribution in [0.4, 0.5) is 0 Å². The highest BCUT2D eigenvalue weighted by Crippen LogP contribution is 2.20. The third kappa shape index (κ3) is 0.920. The van der Waals surface area contributed by atoms with E-state index < -0.39 is 12.1 Å². The van der Waals surface area contributed by atoms with Gasteiger partial charge in [0.1, 0.15) is 6.10 Å². The summed E-state index contributed by atoms with van der Waals surface area (Å²) in [4.78, 5) is 10.5. The molecule has 0 unspecified atom stereocenters. The predicted octanol–water partition coefficient (Wildman–Crippen LogP) is -0.0713. The monoisotopic (exact) mass is 130 g/mol. The van der Waals surface area contributed by atoms with Gasteiger partial charge in [0.15, 0.2) is 6.10 Å². The van der Waals surface area contributed by atoms with Gasteiger partial charge in [0.2, 0.25) is 0 Å². The number of aliphatic hydroxyl groups is 1. The highest BCUT2D eigenvalue weighted by Gasteiger charge is 2.37. The van der Waals surface area contributed by atoms with Crippen molar-refractivity contribution in [1.29, 1.82) is 0 Å². The summed E-state index contributed by atoms with van der Waals surface area (Å²) in [6, 6.07) is 0. The standard InChI is InChI=1S/C6H10O3/c1-3-4(2)9-6(8)5(3)7/h3-5,7H,1-2H3/t3-,4+,5-/m0/s1. The van der Waals surface area contributed by atoms with Crippen molar-refractivity contribution >= 4 is 5.97 Å². The molecule has 3 heteroatoms. The van der Waals surface area contributed by atoms with E-state index in [1.165, 1.54) is 0 Å². The summed E-state index contributed by atoms with van der Waals surface area (Å²) in [5.74, 6) is -0.549. The topological polar surface area (TPSA) is 46.5 Å². The molecule has 1 rings (SSSR count). The number of carbonyl (C=O) groups excluding carboxylic acids is 1. The second kappa shape index (κ2) is 1.99. The number of rotatable bonds is 0. The molecular formula is C6H10O3. The fourth-order valence-electron chi connectivity index (χ4n) is 0.832. The third-order valence-corrected chi connectivity index (χ3v) is 1.78. The molecule has 0 aromatic carbocycles. The lowest BCUT2D eigenvalue weighted by Crippen LogP contribution is -2.20. The van der Waals surface area contributed by atoms with Gasteiger partial charge in [0.05, 0.1) is 0 Å². The highest BCUT2D eigenvalue weighted by atomic mass is 16.6. The minimum atomic E-state index is -0.903. The summed E-state index contributed by atoms with van der Waals surface area (Å²) in [5.41, 5.74) is 0. The van der Waals surface area contributed by atoms with Crippen LogP contribution in [-0.2, 0) is 9.53 Å². The fourth-order valence-corrected chi connectivity index (χ4v) is 0.832. The summed E-state index contributed by atoms with van der Waals surface area (Å²) in [6.07, 6.45) is -1.03. The Balaban J connectivity index is 2.65. The lowest BCUT2D eigenvalue weighted by molar-refractivity contribution is -0.146.